The lowest BCUT2D eigenvalue weighted by Crippen LogP contribution is -2.24. The highest BCUT2D eigenvalue weighted by Gasteiger charge is 2.19. The van der Waals surface area contributed by atoms with Gasteiger partial charge in [0.1, 0.15) is 16.5 Å². The van der Waals surface area contributed by atoms with Crippen LogP contribution in [-0.4, -0.2) is 8.42 Å². The van der Waals surface area contributed by atoms with Crippen LogP contribution in [0, 0.1) is 11.6 Å². The van der Waals surface area contributed by atoms with Crippen molar-refractivity contribution < 1.29 is 17.2 Å². The highest BCUT2D eigenvalue weighted by Crippen LogP contribution is 2.17. The molecule has 0 heterocycles. The SMILES string of the molecule is Nc1ccccc1CNS(=O)(=O)c1ccc(F)cc1F. The molecule has 2 rings (SSSR count). The molecule has 0 aromatic heterocycles. The summed E-state index contributed by atoms with van der Waals surface area (Å²) in [6, 6.07) is 8.98. The predicted octanol–water partition coefficient (Wildman–Crippen LogP) is 2.03. The summed E-state index contributed by atoms with van der Waals surface area (Å²) in [6.45, 7) is -0.0776. The van der Waals surface area contributed by atoms with Gasteiger partial charge in [0.05, 0.1) is 0 Å². The number of hydrogen-bond donors (Lipinski definition) is 2. The van der Waals surface area contributed by atoms with Crippen LogP contribution in [0.2, 0.25) is 0 Å². The minimum atomic E-state index is -4.07. The van der Waals surface area contributed by atoms with Gasteiger partial charge in [0.2, 0.25) is 10.0 Å². The van der Waals surface area contributed by atoms with E-state index in [1.165, 1.54) is 0 Å². The van der Waals surface area contributed by atoms with Crippen LogP contribution in [0.4, 0.5) is 14.5 Å². The van der Waals surface area contributed by atoms with E-state index in [-0.39, 0.29) is 6.54 Å². The maximum atomic E-state index is 13.5. The van der Waals surface area contributed by atoms with E-state index >= 15 is 0 Å². The predicted molar refractivity (Wildman–Crippen MR) is 71.2 cm³/mol. The summed E-state index contributed by atoms with van der Waals surface area (Å²) in [4.78, 5) is -0.603. The Labute approximate surface area is 115 Å². The van der Waals surface area contributed by atoms with Crippen LogP contribution >= 0.6 is 0 Å². The monoisotopic (exact) mass is 298 g/mol. The van der Waals surface area contributed by atoms with Crippen molar-refractivity contribution in [1.29, 1.82) is 0 Å². The van der Waals surface area contributed by atoms with E-state index in [4.69, 9.17) is 5.73 Å². The molecule has 0 aliphatic heterocycles. The number of nitrogens with two attached hydrogens (primary N) is 1. The molecule has 0 aliphatic rings. The second-order valence-electron chi connectivity index (χ2n) is 4.10. The first-order chi connectivity index (χ1) is 9.40. The van der Waals surface area contributed by atoms with E-state index in [1.54, 1.807) is 24.3 Å². The van der Waals surface area contributed by atoms with Crippen molar-refractivity contribution in [2.75, 3.05) is 5.73 Å². The van der Waals surface area contributed by atoms with Gasteiger partial charge in [0, 0.05) is 18.3 Å². The second kappa shape index (κ2) is 5.56. The van der Waals surface area contributed by atoms with Crippen molar-refractivity contribution in [2.45, 2.75) is 11.4 Å². The summed E-state index contributed by atoms with van der Waals surface area (Å²) < 4.78 is 52.3. The largest absolute Gasteiger partial charge is 0.398 e. The Morgan fingerprint density at radius 2 is 1.80 bits per heavy atom. The Morgan fingerprint density at radius 1 is 1.10 bits per heavy atom. The molecule has 0 spiro atoms. The minimum absolute atomic E-state index is 0.0776. The second-order valence-corrected chi connectivity index (χ2v) is 5.83. The van der Waals surface area contributed by atoms with E-state index in [9.17, 15) is 17.2 Å². The van der Waals surface area contributed by atoms with Crippen molar-refractivity contribution in [1.82, 2.24) is 4.72 Å². The third-order valence-corrected chi connectivity index (χ3v) is 4.13. The van der Waals surface area contributed by atoms with Crippen LogP contribution in [0.3, 0.4) is 0 Å². The highest BCUT2D eigenvalue weighted by atomic mass is 32.2. The smallest absolute Gasteiger partial charge is 0.243 e. The zero-order valence-electron chi connectivity index (χ0n) is 10.3. The third-order valence-electron chi connectivity index (χ3n) is 2.69. The fourth-order valence-corrected chi connectivity index (χ4v) is 2.70. The zero-order valence-corrected chi connectivity index (χ0v) is 11.1. The van der Waals surface area contributed by atoms with Gasteiger partial charge in [-0.1, -0.05) is 18.2 Å². The normalized spacial score (nSPS) is 11.5. The number of nitrogen functional groups attached to an aromatic ring is 1. The molecule has 0 saturated heterocycles. The quantitative estimate of drug-likeness (QED) is 0.848. The van der Waals surface area contributed by atoms with Gasteiger partial charge in [-0.15, -0.1) is 0 Å². The summed E-state index contributed by atoms with van der Waals surface area (Å²) in [7, 11) is -4.07. The van der Waals surface area contributed by atoms with Crippen molar-refractivity contribution in [3.63, 3.8) is 0 Å². The summed E-state index contributed by atoms with van der Waals surface area (Å²) >= 11 is 0. The molecule has 3 N–H and O–H groups in total. The first kappa shape index (κ1) is 14.4. The van der Waals surface area contributed by atoms with Gasteiger partial charge in [0.15, 0.2) is 0 Å². The molecular weight excluding hydrogens is 286 g/mol. The van der Waals surface area contributed by atoms with E-state index in [0.29, 0.717) is 17.3 Å². The fourth-order valence-electron chi connectivity index (χ4n) is 1.64. The Balaban J connectivity index is 2.22. The molecule has 0 fully saturated rings. The van der Waals surface area contributed by atoms with Crippen LogP contribution in [-0.2, 0) is 16.6 Å². The molecule has 0 saturated carbocycles. The van der Waals surface area contributed by atoms with Crippen molar-refractivity contribution >= 4 is 15.7 Å². The van der Waals surface area contributed by atoms with Gasteiger partial charge in [-0.2, -0.15) is 0 Å². The Kier molecular flexibility index (Phi) is 4.01. The molecule has 0 aliphatic carbocycles. The topological polar surface area (TPSA) is 72.2 Å². The first-order valence-corrected chi connectivity index (χ1v) is 7.16. The molecule has 2 aromatic carbocycles. The van der Waals surface area contributed by atoms with Gasteiger partial charge in [-0.05, 0) is 23.8 Å². The van der Waals surface area contributed by atoms with Crippen LogP contribution in [0.15, 0.2) is 47.4 Å². The van der Waals surface area contributed by atoms with Crippen molar-refractivity contribution in [3.8, 4) is 0 Å². The maximum Gasteiger partial charge on any atom is 0.243 e. The molecular formula is C13H12F2N2O2S. The van der Waals surface area contributed by atoms with Gasteiger partial charge in [-0.3, -0.25) is 0 Å². The molecule has 0 bridgehead atoms. The summed E-state index contributed by atoms with van der Waals surface area (Å²) in [6.07, 6.45) is 0. The minimum Gasteiger partial charge on any atom is -0.398 e. The number of nitrogens with one attached hydrogen (secondary N) is 1. The standard InChI is InChI=1S/C13H12F2N2O2S/c14-10-5-6-13(11(15)7-10)20(18,19)17-8-9-3-1-2-4-12(9)16/h1-7,17H,8,16H2. The molecule has 0 atom stereocenters. The average Bonchev–Trinajstić information content (AvgIpc) is 2.37. The van der Waals surface area contributed by atoms with Gasteiger partial charge >= 0.3 is 0 Å². The lowest BCUT2D eigenvalue weighted by molar-refractivity contribution is 0.543. The van der Waals surface area contributed by atoms with Crippen molar-refractivity contribution in [3.05, 3.63) is 59.7 Å². The van der Waals surface area contributed by atoms with E-state index in [2.05, 4.69) is 4.72 Å². The summed E-state index contributed by atoms with van der Waals surface area (Å²) in [5.41, 5.74) is 6.67. The summed E-state index contributed by atoms with van der Waals surface area (Å²) in [5, 5.41) is 0. The molecule has 2 aromatic rings. The molecule has 106 valence electrons. The Bertz CT molecular complexity index is 733. The Hall–Kier alpha value is -1.99. The lowest BCUT2D eigenvalue weighted by atomic mass is 10.2. The Morgan fingerprint density at radius 3 is 2.45 bits per heavy atom. The lowest BCUT2D eigenvalue weighted by Gasteiger charge is -2.09. The van der Waals surface area contributed by atoms with Gasteiger partial charge in [-0.25, -0.2) is 21.9 Å². The number of benzene rings is 2. The van der Waals surface area contributed by atoms with Crippen molar-refractivity contribution in [2.24, 2.45) is 0 Å². The van der Waals surface area contributed by atoms with E-state index in [1.807, 2.05) is 0 Å². The average molecular weight is 298 g/mol. The number of para-hydroxylation sites is 1. The molecule has 0 amide bonds. The number of sulfonamides is 1. The fraction of sp³-hybridized carbons (Fsp3) is 0.0769. The molecule has 7 heteroatoms. The number of anilines is 1. The van der Waals surface area contributed by atoms with Gasteiger partial charge < -0.3 is 5.73 Å². The van der Waals surface area contributed by atoms with Gasteiger partial charge in [0.25, 0.3) is 0 Å². The highest BCUT2D eigenvalue weighted by molar-refractivity contribution is 7.89. The van der Waals surface area contributed by atoms with Crippen LogP contribution < -0.4 is 10.5 Å². The molecule has 20 heavy (non-hydrogen) atoms. The van der Waals surface area contributed by atoms with E-state index in [0.717, 1.165) is 12.1 Å². The van der Waals surface area contributed by atoms with Crippen LogP contribution in [0.5, 0.6) is 0 Å². The first-order valence-electron chi connectivity index (χ1n) is 5.68. The van der Waals surface area contributed by atoms with Crippen LogP contribution in [0.25, 0.3) is 0 Å². The maximum absolute atomic E-state index is 13.5. The molecule has 4 nitrogen and oxygen atoms in total. The third kappa shape index (κ3) is 3.12. The molecule has 0 unspecified atom stereocenters. The number of halogens is 2. The number of hydrogen-bond acceptors (Lipinski definition) is 3. The van der Waals surface area contributed by atoms with E-state index < -0.39 is 26.6 Å². The van der Waals surface area contributed by atoms with Crippen LogP contribution in [0.1, 0.15) is 5.56 Å². The number of rotatable bonds is 4. The summed E-state index contributed by atoms with van der Waals surface area (Å²) in [5.74, 6) is -1.98. The zero-order chi connectivity index (χ0) is 14.8. The molecule has 0 radical (unpaired) electrons.